The zero-order chi connectivity index (χ0) is 43.7. The Bertz CT molecular complexity index is 3800. The topological polar surface area (TPSA) is 8.17 Å². The van der Waals surface area contributed by atoms with E-state index in [9.17, 15) is 0 Å². The zero-order valence-electron chi connectivity index (χ0n) is 36.8. The minimum absolute atomic E-state index is 0.0163. The van der Waals surface area contributed by atoms with E-state index in [1.54, 1.807) is 0 Å². The van der Waals surface area contributed by atoms with E-state index in [0.29, 0.717) is 0 Å². The summed E-state index contributed by atoms with van der Waals surface area (Å²) in [6.45, 7) is 4.69. The van der Waals surface area contributed by atoms with Crippen LogP contribution in [0.5, 0.6) is 0 Å². The highest BCUT2D eigenvalue weighted by atomic mass is 15.1. The van der Waals surface area contributed by atoms with Crippen LogP contribution in [-0.2, 0) is 10.8 Å². The van der Waals surface area contributed by atoms with Crippen LogP contribution in [0.15, 0.2) is 231 Å². The number of para-hydroxylation sites is 5. The lowest BCUT2D eigenvalue weighted by Crippen LogP contribution is -2.33. The molecule has 0 saturated carbocycles. The van der Waals surface area contributed by atoms with Crippen LogP contribution >= 0.6 is 0 Å². The fraction of sp³-hybridized carbons (Fsp3) is 0.0625. The molecule has 0 fully saturated rings. The molecule has 1 spiro atoms. The van der Waals surface area contributed by atoms with Crippen molar-refractivity contribution in [1.29, 1.82) is 0 Å². The van der Waals surface area contributed by atoms with Crippen molar-refractivity contribution in [1.82, 2.24) is 4.57 Å². The van der Waals surface area contributed by atoms with Gasteiger partial charge in [0.1, 0.15) is 0 Å². The van der Waals surface area contributed by atoms with Gasteiger partial charge in [0.05, 0.1) is 27.8 Å². The number of hydrogen-bond donors (Lipinski definition) is 0. The van der Waals surface area contributed by atoms with E-state index in [-0.39, 0.29) is 5.41 Å². The largest absolute Gasteiger partial charge is 0.310 e. The van der Waals surface area contributed by atoms with Gasteiger partial charge in [-0.2, -0.15) is 0 Å². The van der Waals surface area contributed by atoms with E-state index in [0.717, 1.165) is 17.1 Å². The summed E-state index contributed by atoms with van der Waals surface area (Å²) in [7, 11) is 0. The van der Waals surface area contributed by atoms with Gasteiger partial charge in [0.25, 0.3) is 0 Å². The Labute approximate surface area is 385 Å². The van der Waals surface area contributed by atoms with Crippen molar-refractivity contribution >= 4 is 38.9 Å². The minimum Gasteiger partial charge on any atom is -0.310 e. The smallest absolute Gasteiger partial charge is 0.0754 e. The quantitative estimate of drug-likeness (QED) is 0.168. The number of benzene rings is 10. The van der Waals surface area contributed by atoms with Gasteiger partial charge in [-0.1, -0.05) is 190 Å². The van der Waals surface area contributed by atoms with Gasteiger partial charge in [-0.05, 0) is 127 Å². The maximum absolute atomic E-state index is 2.52. The molecule has 2 heteroatoms. The molecule has 0 saturated heterocycles. The maximum Gasteiger partial charge on any atom is 0.0754 e. The summed E-state index contributed by atoms with van der Waals surface area (Å²) in [5.41, 5.74) is 24.7. The number of hydrogen-bond acceptors (Lipinski definition) is 1. The Hall–Kier alpha value is -8.20. The van der Waals surface area contributed by atoms with Gasteiger partial charge in [-0.15, -0.1) is 0 Å². The predicted molar refractivity (Wildman–Crippen MR) is 275 cm³/mol. The van der Waals surface area contributed by atoms with Crippen molar-refractivity contribution in [3.05, 3.63) is 264 Å². The van der Waals surface area contributed by atoms with E-state index in [2.05, 4.69) is 254 Å². The van der Waals surface area contributed by atoms with E-state index < -0.39 is 5.41 Å². The first-order chi connectivity index (χ1) is 32.5. The Morgan fingerprint density at radius 3 is 1.76 bits per heavy atom. The highest BCUT2D eigenvalue weighted by molar-refractivity contribution is 6.13. The van der Waals surface area contributed by atoms with E-state index in [1.165, 1.54) is 105 Å². The van der Waals surface area contributed by atoms with Crippen LogP contribution in [0.1, 0.15) is 47.2 Å². The van der Waals surface area contributed by atoms with E-state index >= 15 is 0 Å². The molecule has 2 aliphatic carbocycles. The molecule has 310 valence electrons. The van der Waals surface area contributed by atoms with Crippen molar-refractivity contribution in [2.45, 2.75) is 24.7 Å². The summed E-state index contributed by atoms with van der Waals surface area (Å²) in [4.78, 5) is 2.42. The Kier molecular flexibility index (Phi) is 7.70. The molecule has 2 heterocycles. The molecule has 0 radical (unpaired) electrons. The summed E-state index contributed by atoms with van der Waals surface area (Å²) < 4.78 is 2.52. The number of anilines is 3. The fourth-order valence-electron chi connectivity index (χ4n) is 12.3. The van der Waals surface area contributed by atoms with Crippen molar-refractivity contribution in [3.8, 4) is 50.2 Å². The normalized spacial score (nSPS) is 15.6. The molecule has 14 rings (SSSR count). The fourth-order valence-corrected chi connectivity index (χ4v) is 12.3. The zero-order valence-corrected chi connectivity index (χ0v) is 36.8. The lowest BCUT2D eigenvalue weighted by molar-refractivity contribution is 0.660. The van der Waals surface area contributed by atoms with Crippen LogP contribution < -0.4 is 4.90 Å². The summed E-state index contributed by atoms with van der Waals surface area (Å²) >= 11 is 0. The molecule has 1 aliphatic heterocycles. The third-order valence-corrected chi connectivity index (χ3v) is 15.2. The summed E-state index contributed by atoms with van der Waals surface area (Å²) in [6, 6.07) is 86.2. The van der Waals surface area contributed by atoms with Crippen LogP contribution in [0.2, 0.25) is 0 Å². The molecule has 0 bridgehead atoms. The Balaban J connectivity index is 0.942. The van der Waals surface area contributed by atoms with Crippen molar-refractivity contribution in [2.75, 3.05) is 4.90 Å². The molecule has 0 N–H and O–H groups in total. The molecule has 11 aromatic rings. The standard InChI is InChI=1S/C64H44N2/c1-63(2)53-24-10-6-21-48(53)52-39-42(34-38-54(52)63)41-31-35-45(36-32-41)65(44-17-4-3-5-18-44)59-28-13-8-19-46(59)43-33-37-49-47-20-7-11-25-55(47)64(58(49)40-43)56-26-12-15-30-61(56)66-60-29-14-9-22-50(60)51-23-16-27-57(64)62(51)66/h3-40H,1-2H3. The van der Waals surface area contributed by atoms with Crippen molar-refractivity contribution in [2.24, 2.45) is 0 Å². The first-order valence-electron chi connectivity index (χ1n) is 23.2. The van der Waals surface area contributed by atoms with E-state index in [1.807, 2.05) is 0 Å². The second-order valence-corrected chi connectivity index (χ2v) is 18.8. The monoisotopic (exact) mass is 840 g/mol. The Morgan fingerprint density at radius 1 is 0.348 bits per heavy atom. The SMILES string of the molecule is CC1(C)c2ccccc2-c2cc(-c3ccc(N(c4ccccc4)c4ccccc4-c4ccc5c(c4)C4(c6ccccc6-5)c5ccccc5-n5c6ccccc6c6cccc4c65)cc3)ccc21. The third-order valence-electron chi connectivity index (χ3n) is 15.2. The second kappa shape index (κ2) is 13.7. The van der Waals surface area contributed by atoms with Gasteiger partial charge in [0.2, 0.25) is 0 Å². The average Bonchev–Trinajstić information content (AvgIpc) is 3.95. The van der Waals surface area contributed by atoms with Gasteiger partial charge >= 0.3 is 0 Å². The van der Waals surface area contributed by atoms with Crippen LogP contribution in [0.3, 0.4) is 0 Å². The summed E-state index contributed by atoms with van der Waals surface area (Å²) in [5.74, 6) is 0. The molecule has 1 unspecified atom stereocenters. The van der Waals surface area contributed by atoms with Gasteiger partial charge in [0.15, 0.2) is 0 Å². The molecule has 66 heavy (non-hydrogen) atoms. The predicted octanol–water partition coefficient (Wildman–Crippen LogP) is 16.6. The van der Waals surface area contributed by atoms with Gasteiger partial charge in [-0.25, -0.2) is 0 Å². The second-order valence-electron chi connectivity index (χ2n) is 18.8. The lowest BCUT2D eigenvalue weighted by Gasteiger charge is -2.39. The maximum atomic E-state index is 2.52. The highest BCUT2D eigenvalue weighted by Gasteiger charge is 2.51. The average molecular weight is 841 g/mol. The van der Waals surface area contributed by atoms with Gasteiger partial charge in [-0.3, -0.25) is 0 Å². The molecule has 0 amide bonds. The van der Waals surface area contributed by atoms with Crippen molar-refractivity contribution < 1.29 is 0 Å². The molecule has 10 aromatic carbocycles. The number of fused-ring (bicyclic) bond motifs is 15. The molecule has 2 nitrogen and oxygen atoms in total. The molecule has 3 aliphatic rings. The van der Waals surface area contributed by atoms with Gasteiger partial charge in [0, 0.05) is 33.1 Å². The molecular weight excluding hydrogens is 797 g/mol. The first kappa shape index (κ1) is 37.2. The van der Waals surface area contributed by atoms with Crippen LogP contribution in [-0.4, -0.2) is 4.57 Å². The molecule has 1 atom stereocenters. The lowest BCUT2D eigenvalue weighted by atomic mass is 9.65. The third kappa shape index (κ3) is 4.91. The molecular formula is C64H44N2. The van der Waals surface area contributed by atoms with Crippen LogP contribution in [0.25, 0.3) is 72.0 Å². The number of nitrogens with zero attached hydrogens (tertiary/aromatic N) is 2. The van der Waals surface area contributed by atoms with Crippen molar-refractivity contribution in [3.63, 3.8) is 0 Å². The summed E-state index contributed by atoms with van der Waals surface area (Å²) in [6.07, 6.45) is 0. The number of aromatic nitrogens is 1. The van der Waals surface area contributed by atoms with Crippen LogP contribution in [0.4, 0.5) is 17.1 Å². The summed E-state index contributed by atoms with van der Waals surface area (Å²) in [5, 5.41) is 2.57. The molecule has 1 aromatic heterocycles. The highest BCUT2D eigenvalue weighted by Crippen LogP contribution is 2.62. The number of rotatable bonds is 5. The Morgan fingerprint density at radius 2 is 0.924 bits per heavy atom. The minimum atomic E-state index is -0.526. The van der Waals surface area contributed by atoms with Crippen LogP contribution in [0, 0.1) is 0 Å². The van der Waals surface area contributed by atoms with E-state index in [4.69, 9.17) is 0 Å². The first-order valence-corrected chi connectivity index (χ1v) is 23.2. The van der Waals surface area contributed by atoms with Gasteiger partial charge < -0.3 is 9.47 Å².